The maximum Gasteiger partial charge on any atom is 0.293 e. The minimum Gasteiger partial charge on any atom is -0.396 e. The van der Waals surface area contributed by atoms with E-state index < -0.39 is 11.5 Å². The first-order valence-electron chi connectivity index (χ1n) is 8.39. The molecule has 8 nitrogen and oxygen atoms in total. The standard InChI is InChI=1S/C17H23N3O5/c1-24-9-3-6-17(11-21)10-20(8-5-13(17)22)16(23)14-12-4-2-7-18-15(12)19-25-14/h2,4,7,13,21-22H,3,5-6,8-11H2,1H3/t13-,17+/m1/s1. The molecule has 0 saturated carbocycles. The fourth-order valence-electron chi connectivity index (χ4n) is 3.45. The molecule has 1 aliphatic heterocycles. The van der Waals surface area contributed by atoms with E-state index in [0.717, 1.165) is 0 Å². The van der Waals surface area contributed by atoms with Crippen molar-refractivity contribution in [3.8, 4) is 0 Å². The summed E-state index contributed by atoms with van der Waals surface area (Å²) in [5.74, 6) is -0.157. The molecule has 2 atom stereocenters. The number of amides is 1. The Bertz CT molecular complexity index is 734. The maximum atomic E-state index is 12.9. The zero-order valence-corrected chi connectivity index (χ0v) is 14.2. The lowest BCUT2D eigenvalue weighted by atomic mass is 9.74. The van der Waals surface area contributed by atoms with Crippen molar-refractivity contribution in [3.63, 3.8) is 0 Å². The highest BCUT2D eigenvalue weighted by Crippen LogP contribution is 2.35. The molecule has 2 aromatic heterocycles. The third kappa shape index (κ3) is 3.37. The Balaban J connectivity index is 1.81. The van der Waals surface area contributed by atoms with Gasteiger partial charge in [-0.15, -0.1) is 0 Å². The van der Waals surface area contributed by atoms with Crippen LogP contribution >= 0.6 is 0 Å². The Morgan fingerprint density at radius 2 is 2.40 bits per heavy atom. The first kappa shape index (κ1) is 17.8. The van der Waals surface area contributed by atoms with Crippen molar-refractivity contribution in [2.75, 3.05) is 33.4 Å². The highest BCUT2D eigenvalue weighted by Gasteiger charge is 2.44. The topological polar surface area (TPSA) is 109 Å². The number of ether oxygens (including phenoxy) is 1. The lowest BCUT2D eigenvalue weighted by molar-refractivity contribution is -0.0749. The van der Waals surface area contributed by atoms with E-state index in [2.05, 4.69) is 10.1 Å². The molecule has 0 bridgehead atoms. The van der Waals surface area contributed by atoms with Crippen LogP contribution in [0.3, 0.4) is 0 Å². The molecular formula is C17H23N3O5. The first-order valence-corrected chi connectivity index (χ1v) is 8.39. The fourth-order valence-corrected chi connectivity index (χ4v) is 3.45. The molecule has 3 rings (SSSR count). The maximum absolute atomic E-state index is 12.9. The number of aromatic nitrogens is 2. The van der Waals surface area contributed by atoms with Crippen molar-refractivity contribution in [3.05, 3.63) is 24.1 Å². The van der Waals surface area contributed by atoms with Gasteiger partial charge in [-0.2, -0.15) is 0 Å². The number of methoxy groups -OCH3 is 1. The van der Waals surface area contributed by atoms with Crippen LogP contribution in [0.1, 0.15) is 29.8 Å². The lowest BCUT2D eigenvalue weighted by Gasteiger charge is -2.45. The molecule has 1 aliphatic rings. The van der Waals surface area contributed by atoms with Gasteiger partial charge in [-0.1, -0.05) is 5.16 Å². The predicted molar refractivity (Wildman–Crippen MR) is 89.0 cm³/mol. The molecular weight excluding hydrogens is 326 g/mol. The number of carbonyl (C=O) groups is 1. The summed E-state index contributed by atoms with van der Waals surface area (Å²) in [6, 6.07) is 3.46. The number of carbonyl (C=O) groups excluding carboxylic acids is 1. The van der Waals surface area contributed by atoms with E-state index in [-0.39, 0.29) is 24.8 Å². The summed E-state index contributed by atoms with van der Waals surface area (Å²) in [6.45, 7) is 1.01. The molecule has 3 heterocycles. The smallest absolute Gasteiger partial charge is 0.293 e. The van der Waals surface area contributed by atoms with E-state index >= 15 is 0 Å². The largest absolute Gasteiger partial charge is 0.396 e. The van der Waals surface area contributed by atoms with Crippen molar-refractivity contribution in [1.82, 2.24) is 15.0 Å². The average Bonchev–Trinajstić information content (AvgIpc) is 3.07. The van der Waals surface area contributed by atoms with Gasteiger partial charge in [0.2, 0.25) is 11.4 Å². The van der Waals surface area contributed by atoms with Gasteiger partial charge >= 0.3 is 0 Å². The number of hydrogen-bond acceptors (Lipinski definition) is 7. The lowest BCUT2D eigenvalue weighted by Crippen LogP contribution is -2.55. The number of aliphatic hydroxyl groups is 2. The minimum atomic E-state index is -0.749. The van der Waals surface area contributed by atoms with Gasteiger partial charge in [-0.05, 0) is 31.4 Å². The second kappa shape index (κ2) is 7.47. The number of fused-ring (bicyclic) bond motifs is 1. The molecule has 0 aliphatic carbocycles. The molecule has 25 heavy (non-hydrogen) atoms. The van der Waals surface area contributed by atoms with Crippen LogP contribution in [0.25, 0.3) is 11.0 Å². The van der Waals surface area contributed by atoms with E-state index in [0.29, 0.717) is 43.4 Å². The van der Waals surface area contributed by atoms with Gasteiger partial charge in [0.05, 0.1) is 18.1 Å². The summed E-state index contributed by atoms with van der Waals surface area (Å²) in [6.07, 6.45) is 2.60. The van der Waals surface area contributed by atoms with Crippen molar-refractivity contribution in [1.29, 1.82) is 0 Å². The molecule has 8 heteroatoms. The minimum absolute atomic E-state index is 0.142. The average molecular weight is 349 g/mol. The summed E-state index contributed by atoms with van der Waals surface area (Å²) in [5, 5.41) is 24.7. The van der Waals surface area contributed by atoms with E-state index in [1.807, 2.05) is 0 Å². The Labute approximate surface area is 145 Å². The monoisotopic (exact) mass is 349 g/mol. The van der Waals surface area contributed by atoms with Gasteiger partial charge in [0, 0.05) is 38.4 Å². The predicted octanol–water partition coefficient (Wildman–Crippen LogP) is 0.835. The normalized spacial score (nSPS) is 24.0. The number of pyridine rings is 1. The van der Waals surface area contributed by atoms with Crippen molar-refractivity contribution < 1.29 is 24.3 Å². The second-order valence-electron chi connectivity index (χ2n) is 6.53. The third-order valence-corrected chi connectivity index (χ3v) is 4.96. The number of likely N-dealkylation sites (tertiary alicyclic amines) is 1. The van der Waals surface area contributed by atoms with E-state index in [1.165, 1.54) is 0 Å². The summed E-state index contributed by atoms with van der Waals surface area (Å²) < 4.78 is 10.3. The van der Waals surface area contributed by atoms with Gasteiger partial charge in [0.25, 0.3) is 5.91 Å². The van der Waals surface area contributed by atoms with Crippen molar-refractivity contribution in [2.45, 2.75) is 25.4 Å². The van der Waals surface area contributed by atoms with Gasteiger partial charge in [0.15, 0.2) is 0 Å². The molecule has 1 fully saturated rings. The number of piperidine rings is 1. The van der Waals surface area contributed by atoms with Crippen LogP contribution in [0.4, 0.5) is 0 Å². The molecule has 136 valence electrons. The Morgan fingerprint density at radius 1 is 1.56 bits per heavy atom. The summed E-state index contributed by atoms with van der Waals surface area (Å²) >= 11 is 0. The van der Waals surface area contributed by atoms with Gasteiger partial charge in [0.1, 0.15) is 0 Å². The molecule has 1 saturated heterocycles. The van der Waals surface area contributed by atoms with Gasteiger partial charge in [-0.25, -0.2) is 4.98 Å². The molecule has 0 unspecified atom stereocenters. The van der Waals surface area contributed by atoms with Gasteiger partial charge < -0.3 is 24.4 Å². The summed E-state index contributed by atoms with van der Waals surface area (Å²) in [5.41, 5.74) is -0.364. The van der Waals surface area contributed by atoms with Gasteiger partial charge in [-0.3, -0.25) is 4.79 Å². The molecule has 0 aromatic carbocycles. The molecule has 2 N–H and O–H groups in total. The second-order valence-corrected chi connectivity index (χ2v) is 6.53. The summed E-state index contributed by atoms with van der Waals surface area (Å²) in [4.78, 5) is 18.6. The van der Waals surface area contributed by atoms with Crippen LogP contribution in [0.15, 0.2) is 22.9 Å². The SMILES string of the molecule is COCCC[C@@]1(CO)CN(C(=O)c2onc3ncccc23)CC[C@H]1O. The van der Waals surface area contributed by atoms with Crippen molar-refractivity contribution >= 4 is 16.9 Å². The van der Waals surface area contributed by atoms with E-state index in [4.69, 9.17) is 9.26 Å². The van der Waals surface area contributed by atoms with Crippen LogP contribution < -0.4 is 0 Å². The molecule has 1 amide bonds. The molecule has 0 spiro atoms. The van der Waals surface area contributed by atoms with Crippen LogP contribution in [-0.2, 0) is 4.74 Å². The van der Waals surface area contributed by atoms with Crippen LogP contribution in [-0.4, -0.2) is 70.7 Å². The summed E-state index contributed by atoms with van der Waals surface area (Å²) in [7, 11) is 1.61. The first-order chi connectivity index (χ1) is 12.1. The van der Waals surface area contributed by atoms with Crippen LogP contribution in [0.5, 0.6) is 0 Å². The van der Waals surface area contributed by atoms with Crippen LogP contribution in [0, 0.1) is 5.41 Å². The quantitative estimate of drug-likeness (QED) is 0.744. The third-order valence-electron chi connectivity index (χ3n) is 4.96. The molecule has 0 radical (unpaired) electrons. The van der Waals surface area contributed by atoms with E-state index in [9.17, 15) is 15.0 Å². The number of aliphatic hydroxyl groups excluding tert-OH is 2. The fraction of sp³-hybridized carbons (Fsp3) is 0.588. The number of rotatable bonds is 6. The number of hydrogen-bond donors (Lipinski definition) is 2. The Hall–Kier alpha value is -2.03. The Morgan fingerprint density at radius 3 is 3.16 bits per heavy atom. The Kier molecular flexibility index (Phi) is 5.31. The number of nitrogens with zero attached hydrogens (tertiary/aromatic N) is 3. The molecule has 2 aromatic rings. The zero-order valence-electron chi connectivity index (χ0n) is 14.2. The van der Waals surface area contributed by atoms with Crippen LogP contribution in [0.2, 0.25) is 0 Å². The van der Waals surface area contributed by atoms with E-state index in [1.54, 1.807) is 30.3 Å². The highest BCUT2D eigenvalue weighted by molar-refractivity contribution is 6.02. The zero-order chi connectivity index (χ0) is 17.9. The van der Waals surface area contributed by atoms with Crippen molar-refractivity contribution in [2.24, 2.45) is 5.41 Å². The highest BCUT2D eigenvalue weighted by atomic mass is 16.5.